The Balaban J connectivity index is 1.71. The van der Waals surface area contributed by atoms with Gasteiger partial charge < -0.3 is 14.8 Å². The predicted octanol–water partition coefficient (Wildman–Crippen LogP) is 6.87. The molecule has 0 aliphatic heterocycles. The fourth-order valence-corrected chi connectivity index (χ4v) is 3.89. The van der Waals surface area contributed by atoms with E-state index in [0.717, 1.165) is 42.9 Å². The van der Waals surface area contributed by atoms with E-state index in [1.54, 1.807) is 7.11 Å². The minimum atomic E-state index is 0.500. The molecular weight excluding hydrogens is 529 g/mol. The van der Waals surface area contributed by atoms with Crippen LogP contribution in [0.15, 0.2) is 59.1 Å². The summed E-state index contributed by atoms with van der Waals surface area (Å²) >= 11 is 5.76. The lowest BCUT2D eigenvalue weighted by Crippen LogP contribution is -2.04. The number of ether oxygens (including phenoxy) is 2. The molecule has 3 aromatic rings. The number of hydrogen-bond acceptors (Lipinski definition) is 3. The van der Waals surface area contributed by atoms with Crippen molar-refractivity contribution in [3.8, 4) is 11.5 Å². The van der Waals surface area contributed by atoms with Crippen molar-refractivity contribution < 1.29 is 9.47 Å². The van der Waals surface area contributed by atoms with E-state index >= 15 is 0 Å². The number of nitrogens with one attached hydrogen (secondary N) is 1. The molecule has 3 nitrogen and oxygen atoms in total. The van der Waals surface area contributed by atoms with Crippen LogP contribution in [0.4, 0.5) is 5.69 Å². The summed E-state index contributed by atoms with van der Waals surface area (Å²) in [6.07, 6.45) is 0. The van der Waals surface area contributed by atoms with Crippen LogP contribution < -0.4 is 14.8 Å². The third kappa shape index (κ3) is 5.41. The van der Waals surface area contributed by atoms with Crippen molar-refractivity contribution in [1.82, 2.24) is 0 Å². The molecule has 0 heterocycles. The van der Waals surface area contributed by atoms with E-state index in [9.17, 15) is 0 Å². The lowest BCUT2D eigenvalue weighted by molar-refractivity contribution is 0.282. The maximum Gasteiger partial charge on any atom is 0.174 e. The van der Waals surface area contributed by atoms with Crippen LogP contribution in [0, 0.1) is 17.4 Å². The number of benzene rings is 3. The van der Waals surface area contributed by atoms with Crippen molar-refractivity contribution in [2.24, 2.45) is 0 Å². The second-order valence-corrected chi connectivity index (χ2v) is 8.75. The van der Waals surface area contributed by atoms with E-state index in [1.165, 1.54) is 11.1 Å². The molecule has 0 saturated carbocycles. The first-order valence-corrected chi connectivity index (χ1v) is 10.9. The zero-order valence-corrected chi connectivity index (χ0v) is 19.9. The number of anilines is 1. The van der Waals surface area contributed by atoms with Gasteiger partial charge in [-0.3, -0.25) is 0 Å². The van der Waals surface area contributed by atoms with Crippen LogP contribution in [0.25, 0.3) is 0 Å². The molecule has 0 radical (unpaired) electrons. The van der Waals surface area contributed by atoms with Gasteiger partial charge in [0.05, 0.1) is 10.7 Å². The summed E-state index contributed by atoms with van der Waals surface area (Å²) in [5, 5.41) is 3.49. The molecular formula is C23H23BrINO2. The Kier molecular flexibility index (Phi) is 7.24. The second-order valence-electron chi connectivity index (χ2n) is 6.68. The Morgan fingerprint density at radius 2 is 1.68 bits per heavy atom. The molecule has 0 atom stereocenters. The van der Waals surface area contributed by atoms with Gasteiger partial charge in [-0.15, -0.1) is 0 Å². The molecule has 0 unspecified atom stereocenters. The Morgan fingerprint density at radius 3 is 2.36 bits per heavy atom. The van der Waals surface area contributed by atoms with E-state index < -0.39 is 0 Å². The van der Waals surface area contributed by atoms with E-state index in [4.69, 9.17) is 9.47 Å². The molecule has 0 fully saturated rings. The number of aryl methyl sites for hydroxylation is 2. The molecule has 0 spiro atoms. The molecule has 0 aliphatic carbocycles. The van der Waals surface area contributed by atoms with Gasteiger partial charge >= 0.3 is 0 Å². The van der Waals surface area contributed by atoms with E-state index in [-0.39, 0.29) is 0 Å². The first-order valence-electron chi connectivity index (χ1n) is 9.01. The standard InChI is InChI=1S/C23H23BrINO2/c1-15-4-9-20(10-16(15)2)26-13-18-11-21(25)23(22(12-18)27-3)28-14-17-5-7-19(24)8-6-17/h4-12,26H,13-14H2,1-3H3. The Morgan fingerprint density at radius 1 is 0.929 bits per heavy atom. The lowest BCUT2D eigenvalue weighted by Gasteiger charge is -2.15. The second kappa shape index (κ2) is 9.65. The summed E-state index contributed by atoms with van der Waals surface area (Å²) in [6, 6.07) is 18.7. The lowest BCUT2D eigenvalue weighted by atomic mass is 10.1. The van der Waals surface area contributed by atoms with Crippen molar-refractivity contribution >= 4 is 44.2 Å². The number of halogens is 2. The van der Waals surface area contributed by atoms with E-state index in [2.05, 4.69) is 82.0 Å². The zero-order valence-electron chi connectivity index (χ0n) is 16.2. The van der Waals surface area contributed by atoms with Crippen LogP contribution in [-0.2, 0) is 13.2 Å². The third-order valence-corrected chi connectivity index (χ3v) is 5.92. The molecule has 146 valence electrons. The summed E-state index contributed by atoms with van der Waals surface area (Å²) in [4.78, 5) is 0. The first-order chi connectivity index (χ1) is 13.5. The predicted molar refractivity (Wildman–Crippen MR) is 127 cm³/mol. The van der Waals surface area contributed by atoms with Crippen LogP contribution in [0.3, 0.4) is 0 Å². The average molecular weight is 552 g/mol. The minimum absolute atomic E-state index is 0.500. The fraction of sp³-hybridized carbons (Fsp3) is 0.217. The zero-order chi connectivity index (χ0) is 20.1. The minimum Gasteiger partial charge on any atom is -0.493 e. The molecule has 3 aromatic carbocycles. The Labute approximate surface area is 188 Å². The topological polar surface area (TPSA) is 30.5 Å². The normalized spacial score (nSPS) is 10.6. The molecule has 0 aliphatic rings. The molecule has 0 amide bonds. The number of methoxy groups -OCH3 is 1. The third-order valence-electron chi connectivity index (χ3n) is 4.59. The Bertz CT molecular complexity index is 958. The number of hydrogen-bond donors (Lipinski definition) is 1. The molecule has 0 aromatic heterocycles. The van der Waals surface area contributed by atoms with E-state index in [0.29, 0.717) is 6.61 Å². The summed E-state index contributed by atoms with van der Waals surface area (Å²) in [6.45, 7) is 5.48. The maximum absolute atomic E-state index is 6.06. The van der Waals surface area contributed by atoms with Crippen molar-refractivity contribution in [3.05, 3.63) is 84.9 Å². The summed E-state index contributed by atoms with van der Waals surface area (Å²) < 4.78 is 13.8. The summed E-state index contributed by atoms with van der Waals surface area (Å²) in [7, 11) is 1.68. The van der Waals surface area contributed by atoms with Crippen LogP contribution in [0.1, 0.15) is 22.3 Å². The van der Waals surface area contributed by atoms with Gasteiger partial charge in [0.15, 0.2) is 11.5 Å². The molecule has 5 heteroatoms. The SMILES string of the molecule is COc1cc(CNc2ccc(C)c(C)c2)cc(I)c1OCc1ccc(Br)cc1. The van der Waals surface area contributed by atoms with Crippen molar-refractivity contribution in [2.45, 2.75) is 27.0 Å². The van der Waals surface area contributed by atoms with Crippen molar-refractivity contribution in [1.29, 1.82) is 0 Å². The Hall–Kier alpha value is -1.73. The van der Waals surface area contributed by atoms with Gasteiger partial charge in [-0.25, -0.2) is 0 Å². The summed E-state index contributed by atoms with van der Waals surface area (Å²) in [5.74, 6) is 1.53. The largest absolute Gasteiger partial charge is 0.493 e. The van der Waals surface area contributed by atoms with Crippen LogP contribution in [0.2, 0.25) is 0 Å². The highest BCUT2D eigenvalue weighted by Gasteiger charge is 2.12. The van der Waals surface area contributed by atoms with Crippen LogP contribution in [-0.4, -0.2) is 7.11 Å². The highest BCUT2D eigenvalue weighted by Crippen LogP contribution is 2.35. The van der Waals surface area contributed by atoms with Gasteiger partial charge in [-0.05, 0) is 95.1 Å². The maximum atomic E-state index is 6.06. The molecule has 3 rings (SSSR count). The molecule has 0 bridgehead atoms. The van der Waals surface area contributed by atoms with E-state index in [1.807, 2.05) is 30.3 Å². The smallest absolute Gasteiger partial charge is 0.174 e. The number of rotatable bonds is 7. The quantitative estimate of drug-likeness (QED) is 0.325. The van der Waals surface area contributed by atoms with Crippen molar-refractivity contribution in [3.63, 3.8) is 0 Å². The van der Waals surface area contributed by atoms with Gasteiger partial charge in [0, 0.05) is 16.7 Å². The highest BCUT2D eigenvalue weighted by atomic mass is 127. The van der Waals surface area contributed by atoms with Gasteiger partial charge in [-0.2, -0.15) is 0 Å². The van der Waals surface area contributed by atoms with Gasteiger partial charge in [0.1, 0.15) is 6.61 Å². The van der Waals surface area contributed by atoms with Gasteiger partial charge in [0.2, 0.25) is 0 Å². The van der Waals surface area contributed by atoms with Gasteiger partial charge in [0.25, 0.3) is 0 Å². The first kappa shape index (κ1) is 21.0. The van der Waals surface area contributed by atoms with Crippen LogP contribution >= 0.6 is 38.5 Å². The van der Waals surface area contributed by atoms with Crippen molar-refractivity contribution in [2.75, 3.05) is 12.4 Å². The monoisotopic (exact) mass is 551 g/mol. The molecule has 0 saturated heterocycles. The highest BCUT2D eigenvalue weighted by molar-refractivity contribution is 14.1. The fourth-order valence-electron chi connectivity index (χ4n) is 2.81. The molecule has 1 N–H and O–H groups in total. The molecule has 28 heavy (non-hydrogen) atoms. The van der Waals surface area contributed by atoms with Crippen LogP contribution in [0.5, 0.6) is 11.5 Å². The summed E-state index contributed by atoms with van der Waals surface area (Å²) in [5.41, 5.74) is 5.97. The van der Waals surface area contributed by atoms with Gasteiger partial charge in [-0.1, -0.05) is 34.1 Å². The average Bonchev–Trinajstić information content (AvgIpc) is 2.69.